The summed E-state index contributed by atoms with van der Waals surface area (Å²) in [5.74, 6) is 0. The Hall–Kier alpha value is -0.0600. The molecule has 0 aromatic heterocycles. The molecule has 25 heavy (non-hydrogen) atoms. The quantitative estimate of drug-likeness (QED) is 0.276. The lowest BCUT2D eigenvalue weighted by Gasteiger charge is -2.12. The molecule has 1 atom stereocenters. The molecular weight excluding hydrogens is 332 g/mol. The zero-order valence-electron chi connectivity index (χ0n) is 16.8. The fourth-order valence-corrected chi connectivity index (χ4v) is 3.68. The van der Waals surface area contributed by atoms with E-state index in [0.717, 1.165) is 13.0 Å². The normalized spacial score (nSPS) is 12.4. The first-order chi connectivity index (χ1) is 12.2. The summed E-state index contributed by atoms with van der Waals surface area (Å²) in [4.78, 5) is 11.0. The molecule has 150 valence electrons. The van der Waals surface area contributed by atoms with Crippen LogP contribution in [0.15, 0.2) is 0 Å². The number of hydrogen-bond donors (Lipinski definition) is 1. The Kier molecular flexibility index (Phi) is 20.2. The van der Waals surface area contributed by atoms with Gasteiger partial charge in [0, 0.05) is 13.5 Å². The summed E-state index contributed by atoms with van der Waals surface area (Å²) >= 11 is 1.17. The van der Waals surface area contributed by atoms with Crippen LogP contribution < -0.4 is 0 Å². The molecule has 0 aromatic carbocycles. The Bertz CT molecular complexity index is 284. The van der Waals surface area contributed by atoms with E-state index in [4.69, 9.17) is 9.84 Å². The fraction of sp³-hybridized carbons (Fsp3) is 0.952. The van der Waals surface area contributed by atoms with Crippen LogP contribution in [0.3, 0.4) is 0 Å². The molecule has 0 fully saturated rings. The topological polar surface area (TPSA) is 46.5 Å². The Labute approximate surface area is 160 Å². The zero-order valence-corrected chi connectivity index (χ0v) is 17.6. The maximum Gasteiger partial charge on any atom is 0.186 e. The molecule has 0 heterocycles. The SMILES string of the molecule is CCCCCCCCCCCCCCCCOCC(CO)SC(C)=O. The molecule has 0 aliphatic rings. The number of thioether (sulfide) groups is 1. The first-order valence-corrected chi connectivity index (χ1v) is 11.4. The third kappa shape index (κ3) is 20.1. The van der Waals surface area contributed by atoms with E-state index in [9.17, 15) is 4.79 Å². The van der Waals surface area contributed by atoms with Gasteiger partial charge in [0.05, 0.1) is 18.5 Å². The summed E-state index contributed by atoms with van der Waals surface area (Å²) in [5, 5.41) is 9.08. The van der Waals surface area contributed by atoms with Crippen LogP contribution in [0.1, 0.15) is 104 Å². The van der Waals surface area contributed by atoms with Gasteiger partial charge in [-0.15, -0.1) is 0 Å². The van der Waals surface area contributed by atoms with E-state index >= 15 is 0 Å². The lowest BCUT2D eigenvalue weighted by molar-refractivity contribution is -0.109. The predicted octanol–water partition coefficient (Wildman–Crippen LogP) is 6.12. The van der Waals surface area contributed by atoms with E-state index in [1.807, 2.05) is 0 Å². The minimum Gasteiger partial charge on any atom is -0.395 e. The first kappa shape index (κ1) is 24.9. The Morgan fingerprint density at radius 2 is 1.28 bits per heavy atom. The summed E-state index contributed by atoms with van der Waals surface area (Å²) in [7, 11) is 0. The highest BCUT2D eigenvalue weighted by molar-refractivity contribution is 8.14. The van der Waals surface area contributed by atoms with E-state index < -0.39 is 0 Å². The molecule has 0 bridgehead atoms. The highest BCUT2D eigenvalue weighted by Crippen LogP contribution is 2.14. The van der Waals surface area contributed by atoms with Crippen molar-refractivity contribution in [2.75, 3.05) is 19.8 Å². The molecule has 0 saturated heterocycles. The standard InChI is InChI=1S/C21H42O3S/c1-3-4-5-6-7-8-9-10-11-12-13-14-15-16-17-24-19-21(18-22)25-20(2)23/h21-22H,3-19H2,1-2H3. The molecule has 0 amide bonds. The number of carbonyl (C=O) groups is 1. The summed E-state index contributed by atoms with van der Waals surface area (Å²) in [6.07, 6.45) is 19.0. The highest BCUT2D eigenvalue weighted by Gasteiger charge is 2.10. The van der Waals surface area contributed by atoms with Gasteiger partial charge >= 0.3 is 0 Å². The van der Waals surface area contributed by atoms with Crippen LogP contribution in [0.5, 0.6) is 0 Å². The Balaban J connectivity index is 3.15. The Morgan fingerprint density at radius 3 is 1.68 bits per heavy atom. The van der Waals surface area contributed by atoms with Crippen LogP contribution >= 0.6 is 11.8 Å². The van der Waals surface area contributed by atoms with Crippen LogP contribution in [0.2, 0.25) is 0 Å². The van der Waals surface area contributed by atoms with E-state index in [1.54, 1.807) is 0 Å². The third-order valence-corrected chi connectivity index (χ3v) is 5.43. The van der Waals surface area contributed by atoms with Crippen molar-refractivity contribution in [2.24, 2.45) is 0 Å². The van der Waals surface area contributed by atoms with E-state index in [0.29, 0.717) is 6.61 Å². The van der Waals surface area contributed by atoms with Gasteiger partial charge in [0.25, 0.3) is 0 Å². The first-order valence-electron chi connectivity index (χ1n) is 10.6. The number of carbonyl (C=O) groups excluding carboxylic acids is 1. The smallest absolute Gasteiger partial charge is 0.186 e. The van der Waals surface area contributed by atoms with Gasteiger partial charge in [-0.1, -0.05) is 102 Å². The molecule has 0 saturated carbocycles. The van der Waals surface area contributed by atoms with Crippen molar-refractivity contribution in [3.63, 3.8) is 0 Å². The van der Waals surface area contributed by atoms with Crippen LogP contribution in [0, 0.1) is 0 Å². The maximum absolute atomic E-state index is 11.0. The molecule has 0 rings (SSSR count). The van der Waals surface area contributed by atoms with E-state index in [-0.39, 0.29) is 17.0 Å². The van der Waals surface area contributed by atoms with Crippen LogP contribution in [0.25, 0.3) is 0 Å². The van der Waals surface area contributed by atoms with Crippen LogP contribution in [0.4, 0.5) is 0 Å². The summed E-state index contributed by atoms with van der Waals surface area (Å²) < 4.78 is 5.56. The minimum atomic E-state index is -0.107. The second-order valence-electron chi connectivity index (χ2n) is 7.09. The van der Waals surface area contributed by atoms with Gasteiger partial charge in [0.2, 0.25) is 0 Å². The minimum absolute atomic E-state index is 0.00296. The fourth-order valence-electron chi connectivity index (χ4n) is 2.97. The average molecular weight is 375 g/mol. The van der Waals surface area contributed by atoms with Crippen molar-refractivity contribution in [1.82, 2.24) is 0 Å². The predicted molar refractivity (Wildman–Crippen MR) is 110 cm³/mol. The molecule has 0 aromatic rings. The van der Waals surface area contributed by atoms with Crippen molar-refractivity contribution in [1.29, 1.82) is 0 Å². The van der Waals surface area contributed by atoms with Gasteiger partial charge in [-0.25, -0.2) is 0 Å². The zero-order chi connectivity index (χ0) is 18.6. The largest absolute Gasteiger partial charge is 0.395 e. The summed E-state index contributed by atoms with van der Waals surface area (Å²) in [5.41, 5.74) is 0. The number of aliphatic hydroxyl groups is 1. The van der Waals surface area contributed by atoms with Gasteiger partial charge < -0.3 is 9.84 Å². The molecule has 0 aliphatic carbocycles. The second kappa shape index (κ2) is 20.3. The molecule has 0 radical (unpaired) electrons. The number of rotatable bonds is 19. The van der Waals surface area contributed by atoms with Crippen molar-refractivity contribution in [3.8, 4) is 0 Å². The average Bonchev–Trinajstić information content (AvgIpc) is 2.60. The van der Waals surface area contributed by atoms with Gasteiger partial charge in [0.1, 0.15) is 0 Å². The highest BCUT2D eigenvalue weighted by atomic mass is 32.2. The van der Waals surface area contributed by atoms with E-state index in [2.05, 4.69) is 6.92 Å². The lowest BCUT2D eigenvalue weighted by atomic mass is 10.0. The molecule has 3 nitrogen and oxygen atoms in total. The number of aliphatic hydroxyl groups excluding tert-OH is 1. The van der Waals surface area contributed by atoms with Crippen LogP contribution in [-0.4, -0.2) is 35.3 Å². The van der Waals surface area contributed by atoms with Gasteiger partial charge in [0.15, 0.2) is 5.12 Å². The lowest BCUT2D eigenvalue weighted by Crippen LogP contribution is -2.18. The van der Waals surface area contributed by atoms with Crippen molar-refractivity contribution >= 4 is 16.9 Å². The van der Waals surface area contributed by atoms with E-state index in [1.165, 1.54) is 102 Å². The molecule has 4 heteroatoms. The van der Waals surface area contributed by atoms with Crippen LogP contribution in [-0.2, 0) is 9.53 Å². The third-order valence-electron chi connectivity index (χ3n) is 4.48. The monoisotopic (exact) mass is 374 g/mol. The number of unbranched alkanes of at least 4 members (excludes halogenated alkanes) is 13. The molecule has 1 unspecified atom stereocenters. The van der Waals surface area contributed by atoms with Crippen molar-refractivity contribution in [3.05, 3.63) is 0 Å². The van der Waals surface area contributed by atoms with Crippen molar-refractivity contribution in [2.45, 2.75) is 109 Å². The summed E-state index contributed by atoms with van der Waals surface area (Å²) in [6.45, 7) is 5.02. The molecule has 1 N–H and O–H groups in total. The molecule has 0 aliphatic heterocycles. The number of ether oxygens (including phenoxy) is 1. The summed E-state index contributed by atoms with van der Waals surface area (Å²) in [6, 6.07) is 0. The van der Waals surface area contributed by atoms with Crippen molar-refractivity contribution < 1.29 is 14.6 Å². The Morgan fingerprint density at radius 1 is 0.840 bits per heavy atom. The van der Waals surface area contributed by atoms with Gasteiger partial charge in [-0.2, -0.15) is 0 Å². The molecule has 0 spiro atoms. The maximum atomic E-state index is 11.0. The van der Waals surface area contributed by atoms with Gasteiger partial charge in [-0.3, -0.25) is 4.79 Å². The number of hydrogen-bond acceptors (Lipinski definition) is 4. The molecular formula is C21H42O3S. The second-order valence-corrected chi connectivity index (χ2v) is 8.56. The van der Waals surface area contributed by atoms with Gasteiger partial charge in [-0.05, 0) is 6.42 Å².